The molecule has 138 valence electrons. The Morgan fingerprint density at radius 3 is 2.27 bits per heavy atom. The molecule has 2 aromatic rings. The third-order valence-electron chi connectivity index (χ3n) is 5.30. The molecular formula is C21H26N2O3. The summed E-state index contributed by atoms with van der Waals surface area (Å²) in [4.78, 5) is 4.56. The Labute approximate surface area is 154 Å². The molecule has 2 aromatic carbocycles. The highest BCUT2D eigenvalue weighted by atomic mass is 16.7. The van der Waals surface area contributed by atoms with Crippen molar-refractivity contribution in [2.75, 3.05) is 38.9 Å². The van der Waals surface area contributed by atoms with Crippen LogP contribution in [-0.2, 0) is 0 Å². The van der Waals surface area contributed by atoms with Gasteiger partial charge in [-0.2, -0.15) is 0 Å². The molecule has 2 aliphatic rings. The maximum Gasteiger partial charge on any atom is 0.231 e. The van der Waals surface area contributed by atoms with Gasteiger partial charge in [-0.15, -0.1) is 0 Å². The molecule has 0 saturated carbocycles. The lowest BCUT2D eigenvalue weighted by atomic mass is 9.93. The van der Waals surface area contributed by atoms with Crippen LogP contribution in [0.3, 0.4) is 0 Å². The Balaban J connectivity index is 1.76. The van der Waals surface area contributed by atoms with Crippen molar-refractivity contribution in [1.82, 2.24) is 4.90 Å². The molecule has 4 rings (SSSR count). The first-order chi connectivity index (χ1) is 12.6. The lowest BCUT2D eigenvalue weighted by Crippen LogP contribution is -2.34. The maximum atomic E-state index is 10.7. The van der Waals surface area contributed by atoms with E-state index in [-0.39, 0.29) is 18.6 Å². The highest BCUT2D eigenvalue weighted by Gasteiger charge is 2.29. The van der Waals surface area contributed by atoms with E-state index in [1.165, 1.54) is 30.5 Å². The van der Waals surface area contributed by atoms with Gasteiger partial charge in [0.25, 0.3) is 0 Å². The number of phenolic OH excluding ortho intramolecular Hbond substituents is 1. The highest BCUT2D eigenvalue weighted by Crippen LogP contribution is 2.43. The molecule has 26 heavy (non-hydrogen) atoms. The van der Waals surface area contributed by atoms with Gasteiger partial charge in [0, 0.05) is 31.4 Å². The van der Waals surface area contributed by atoms with E-state index in [0.29, 0.717) is 11.5 Å². The van der Waals surface area contributed by atoms with Gasteiger partial charge in [0.1, 0.15) is 5.75 Å². The van der Waals surface area contributed by atoms with Gasteiger partial charge in [0.15, 0.2) is 11.5 Å². The number of piperidine rings is 1. The molecule has 0 spiro atoms. The van der Waals surface area contributed by atoms with E-state index in [1.807, 2.05) is 20.2 Å². The van der Waals surface area contributed by atoms with Gasteiger partial charge in [-0.25, -0.2) is 0 Å². The van der Waals surface area contributed by atoms with E-state index in [0.717, 1.165) is 18.7 Å². The van der Waals surface area contributed by atoms with E-state index < -0.39 is 0 Å². The second kappa shape index (κ2) is 7.08. The zero-order valence-corrected chi connectivity index (χ0v) is 15.4. The summed E-state index contributed by atoms with van der Waals surface area (Å²) >= 11 is 0. The van der Waals surface area contributed by atoms with Crippen LogP contribution < -0.4 is 14.4 Å². The van der Waals surface area contributed by atoms with Crippen LogP contribution in [0.2, 0.25) is 0 Å². The van der Waals surface area contributed by atoms with Crippen LogP contribution in [0.15, 0.2) is 36.4 Å². The van der Waals surface area contributed by atoms with Crippen molar-refractivity contribution in [1.29, 1.82) is 0 Å². The number of benzene rings is 2. The predicted octanol–water partition coefficient (Wildman–Crippen LogP) is 3.76. The van der Waals surface area contributed by atoms with Crippen LogP contribution in [0, 0.1) is 0 Å². The van der Waals surface area contributed by atoms with E-state index in [4.69, 9.17) is 9.47 Å². The van der Waals surface area contributed by atoms with Gasteiger partial charge in [-0.05, 0) is 49.7 Å². The third-order valence-corrected chi connectivity index (χ3v) is 5.30. The number of rotatable bonds is 4. The normalized spacial score (nSPS) is 17.9. The van der Waals surface area contributed by atoms with Crippen molar-refractivity contribution in [2.24, 2.45) is 0 Å². The number of fused-ring (bicyclic) bond motifs is 1. The molecule has 0 radical (unpaired) electrons. The Kier molecular flexibility index (Phi) is 4.64. The molecule has 0 aliphatic carbocycles. The average molecular weight is 354 g/mol. The molecule has 5 heteroatoms. The second-order valence-electron chi connectivity index (χ2n) is 7.25. The molecule has 2 aliphatic heterocycles. The van der Waals surface area contributed by atoms with E-state index in [1.54, 1.807) is 6.07 Å². The molecule has 2 heterocycles. The summed E-state index contributed by atoms with van der Waals surface area (Å²) < 4.78 is 11.0. The number of likely N-dealkylation sites (tertiary alicyclic amines) is 1. The summed E-state index contributed by atoms with van der Waals surface area (Å²) in [5.41, 5.74) is 3.24. The summed E-state index contributed by atoms with van der Waals surface area (Å²) in [6.45, 7) is 2.28. The van der Waals surface area contributed by atoms with Crippen LogP contribution in [0.25, 0.3) is 0 Å². The average Bonchev–Trinajstić information content (AvgIpc) is 3.10. The molecule has 1 atom stereocenters. The van der Waals surface area contributed by atoms with Gasteiger partial charge >= 0.3 is 0 Å². The predicted molar refractivity (Wildman–Crippen MR) is 102 cm³/mol. The van der Waals surface area contributed by atoms with Crippen molar-refractivity contribution in [3.63, 3.8) is 0 Å². The summed E-state index contributed by atoms with van der Waals surface area (Å²) in [7, 11) is 4.08. The molecule has 0 amide bonds. The maximum absolute atomic E-state index is 10.7. The highest BCUT2D eigenvalue weighted by molar-refractivity contribution is 5.55. The van der Waals surface area contributed by atoms with E-state index in [9.17, 15) is 5.11 Å². The monoisotopic (exact) mass is 354 g/mol. The number of ether oxygens (including phenoxy) is 2. The number of hydrogen-bond acceptors (Lipinski definition) is 5. The first-order valence-electron chi connectivity index (χ1n) is 9.27. The first kappa shape index (κ1) is 17.0. The number of nitrogens with zero attached hydrogens (tertiary/aromatic N) is 2. The topological polar surface area (TPSA) is 45.2 Å². The fraction of sp³-hybridized carbons (Fsp3) is 0.429. The fourth-order valence-corrected chi connectivity index (χ4v) is 3.88. The summed E-state index contributed by atoms with van der Waals surface area (Å²) in [5.74, 6) is 1.60. The van der Waals surface area contributed by atoms with Gasteiger partial charge in [-0.1, -0.05) is 18.6 Å². The Morgan fingerprint density at radius 1 is 0.962 bits per heavy atom. The Hall–Kier alpha value is -2.40. The fourth-order valence-electron chi connectivity index (χ4n) is 3.88. The van der Waals surface area contributed by atoms with Gasteiger partial charge in [0.05, 0.1) is 6.04 Å². The van der Waals surface area contributed by atoms with E-state index in [2.05, 4.69) is 34.1 Å². The minimum absolute atomic E-state index is 0.0148. The summed E-state index contributed by atoms with van der Waals surface area (Å²) in [6.07, 6.45) is 3.66. The summed E-state index contributed by atoms with van der Waals surface area (Å²) in [6, 6.07) is 12.2. The first-order valence-corrected chi connectivity index (χ1v) is 9.27. The van der Waals surface area contributed by atoms with Crippen molar-refractivity contribution in [3.8, 4) is 17.2 Å². The molecular weight excluding hydrogens is 328 g/mol. The SMILES string of the molecule is CN(C)c1ccc([C@@H](c2cc3c(cc2O)OCO3)N2CCCCC2)cc1. The van der Waals surface area contributed by atoms with Gasteiger partial charge < -0.3 is 19.5 Å². The number of anilines is 1. The smallest absolute Gasteiger partial charge is 0.231 e. The minimum atomic E-state index is 0.0148. The number of phenols is 1. The van der Waals surface area contributed by atoms with Crippen molar-refractivity contribution >= 4 is 5.69 Å². The molecule has 0 bridgehead atoms. The molecule has 5 nitrogen and oxygen atoms in total. The third kappa shape index (κ3) is 3.19. The lowest BCUT2D eigenvalue weighted by Gasteiger charge is -2.35. The largest absolute Gasteiger partial charge is 0.507 e. The number of hydrogen-bond donors (Lipinski definition) is 1. The molecule has 1 saturated heterocycles. The Morgan fingerprint density at radius 2 is 1.62 bits per heavy atom. The van der Waals surface area contributed by atoms with Gasteiger partial charge in [-0.3, -0.25) is 4.90 Å². The van der Waals surface area contributed by atoms with Crippen molar-refractivity contribution < 1.29 is 14.6 Å². The van der Waals surface area contributed by atoms with Crippen LogP contribution in [0.5, 0.6) is 17.2 Å². The quantitative estimate of drug-likeness (QED) is 0.906. The zero-order chi connectivity index (χ0) is 18.1. The van der Waals surface area contributed by atoms with Crippen molar-refractivity contribution in [3.05, 3.63) is 47.5 Å². The Bertz CT molecular complexity index is 768. The van der Waals surface area contributed by atoms with Crippen molar-refractivity contribution in [2.45, 2.75) is 25.3 Å². The summed E-state index contributed by atoms with van der Waals surface area (Å²) in [5, 5.41) is 10.7. The minimum Gasteiger partial charge on any atom is -0.507 e. The second-order valence-corrected chi connectivity index (χ2v) is 7.25. The molecule has 0 unspecified atom stereocenters. The van der Waals surface area contributed by atoms with Crippen LogP contribution >= 0.6 is 0 Å². The van der Waals surface area contributed by atoms with Crippen LogP contribution in [0.4, 0.5) is 5.69 Å². The zero-order valence-electron chi connectivity index (χ0n) is 15.4. The number of aromatic hydroxyl groups is 1. The van der Waals surface area contributed by atoms with Crippen LogP contribution in [-0.4, -0.2) is 44.0 Å². The van der Waals surface area contributed by atoms with Crippen LogP contribution in [0.1, 0.15) is 36.4 Å². The standard InChI is InChI=1S/C21H26N2O3/c1-22(2)16-8-6-15(7-9-16)21(23-10-4-3-5-11-23)17-12-19-20(13-18(17)24)26-14-25-19/h6-9,12-13,21,24H,3-5,10-11,14H2,1-2H3/t21-/m0/s1. The molecule has 1 fully saturated rings. The van der Waals surface area contributed by atoms with Gasteiger partial charge in [0.2, 0.25) is 6.79 Å². The molecule has 1 N–H and O–H groups in total. The molecule has 0 aromatic heterocycles. The lowest BCUT2D eigenvalue weighted by molar-refractivity contribution is 0.173. The van der Waals surface area contributed by atoms with E-state index >= 15 is 0 Å².